The summed E-state index contributed by atoms with van der Waals surface area (Å²) in [5.41, 5.74) is 1.28. The Bertz CT molecular complexity index is 1230. The fraction of sp³-hybridized carbons (Fsp3) is 0.263. The number of aromatic nitrogens is 2. The zero-order valence-electron chi connectivity index (χ0n) is 17.2. The minimum absolute atomic E-state index is 0. The first-order valence-corrected chi connectivity index (χ1v) is 12.2. The van der Waals surface area contributed by atoms with Gasteiger partial charge in [-0.05, 0) is 37.7 Å². The van der Waals surface area contributed by atoms with E-state index in [2.05, 4.69) is 24.7 Å². The molecule has 2 heterocycles. The van der Waals surface area contributed by atoms with Crippen molar-refractivity contribution in [2.45, 2.75) is 17.4 Å². The first-order valence-electron chi connectivity index (χ1n) is 9.54. The van der Waals surface area contributed by atoms with E-state index in [9.17, 15) is 17.2 Å². The molecule has 0 amide bonds. The van der Waals surface area contributed by atoms with E-state index in [1.165, 1.54) is 24.5 Å². The number of nitrogens with one attached hydrogen (secondary N) is 3. The molecule has 3 N–H and O–H groups in total. The molecule has 1 aliphatic rings. The Balaban J connectivity index is 0.00000306. The number of hydrogen-bond donors (Lipinski definition) is 3. The van der Waals surface area contributed by atoms with E-state index in [1.54, 1.807) is 0 Å². The van der Waals surface area contributed by atoms with Crippen molar-refractivity contribution in [1.82, 2.24) is 14.7 Å². The fourth-order valence-electron chi connectivity index (χ4n) is 3.45. The molecular formula is C19H20Cl2F2N6O2S2. The maximum atomic E-state index is 14.8. The SMILES string of the molecule is CNC1CCN(c2cc(F)ccc2Nc2cc(F)c(S(=O)(=O)Nc3ncns3)cc2Cl)C1.Cl. The molecule has 3 aromatic rings. The van der Waals surface area contributed by atoms with E-state index in [4.69, 9.17) is 11.6 Å². The molecule has 178 valence electrons. The first-order chi connectivity index (χ1) is 15.3. The third-order valence-electron chi connectivity index (χ3n) is 5.06. The van der Waals surface area contributed by atoms with Gasteiger partial charge in [0.2, 0.25) is 5.13 Å². The molecule has 0 saturated carbocycles. The molecular weight excluding hydrogens is 517 g/mol. The second-order valence-corrected chi connectivity index (χ2v) is 9.96. The van der Waals surface area contributed by atoms with Gasteiger partial charge in [-0.15, -0.1) is 12.4 Å². The van der Waals surface area contributed by atoms with Crippen molar-refractivity contribution in [2.75, 3.05) is 35.1 Å². The number of sulfonamides is 1. The van der Waals surface area contributed by atoms with Gasteiger partial charge < -0.3 is 15.5 Å². The van der Waals surface area contributed by atoms with Crippen LogP contribution in [-0.2, 0) is 10.0 Å². The zero-order chi connectivity index (χ0) is 22.9. The highest BCUT2D eigenvalue weighted by Crippen LogP contribution is 2.36. The summed E-state index contributed by atoms with van der Waals surface area (Å²) in [5.74, 6) is -1.41. The molecule has 1 unspecified atom stereocenters. The quantitative estimate of drug-likeness (QED) is 0.415. The predicted molar refractivity (Wildman–Crippen MR) is 129 cm³/mol. The molecule has 14 heteroatoms. The van der Waals surface area contributed by atoms with Gasteiger partial charge in [-0.1, -0.05) is 11.6 Å². The molecule has 33 heavy (non-hydrogen) atoms. The molecule has 0 radical (unpaired) electrons. The Hall–Kier alpha value is -2.25. The number of benzene rings is 2. The van der Waals surface area contributed by atoms with Crippen molar-refractivity contribution in [3.8, 4) is 0 Å². The maximum Gasteiger partial charge on any atom is 0.266 e. The molecule has 2 aromatic carbocycles. The molecule has 1 saturated heterocycles. The topological polar surface area (TPSA) is 99.2 Å². The molecule has 0 spiro atoms. The van der Waals surface area contributed by atoms with Crippen LogP contribution in [0.5, 0.6) is 0 Å². The van der Waals surface area contributed by atoms with Crippen molar-refractivity contribution in [3.05, 3.63) is 53.3 Å². The zero-order valence-corrected chi connectivity index (χ0v) is 20.4. The van der Waals surface area contributed by atoms with Gasteiger partial charge in [0.05, 0.1) is 22.1 Å². The van der Waals surface area contributed by atoms with Crippen LogP contribution in [0, 0.1) is 11.6 Å². The highest BCUT2D eigenvalue weighted by atomic mass is 35.5. The van der Waals surface area contributed by atoms with E-state index in [0.717, 1.165) is 36.6 Å². The van der Waals surface area contributed by atoms with Crippen molar-refractivity contribution in [2.24, 2.45) is 0 Å². The van der Waals surface area contributed by atoms with Gasteiger partial charge in [0.25, 0.3) is 10.0 Å². The van der Waals surface area contributed by atoms with Crippen LogP contribution in [0.2, 0.25) is 5.02 Å². The Labute approximate surface area is 205 Å². The van der Waals surface area contributed by atoms with Gasteiger partial charge in [-0.3, -0.25) is 4.72 Å². The van der Waals surface area contributed by atoms with Crippen LogP contribution in [0.4, 0.5) is 31.0 Å². The lowest BCUT2D eigenvalue weighted by Crippen LogP contribution is -2.29. The van der Waals surface area contributed by atoms with Gasteiger partial charge in [0.15, 0.2) is 0 Å². The Morgan fingerprint density at radius 1 is 1.21 bits per heavy atom. The monoisotopic (exact) mass is 536 g/mol. The number of rotatable bonds is 7. The third-order valence-corrected chi connectivity index (χ3v) is 7.44. The smallest absolute Gasteiger partial charge is 0.266 e. The molecule has 1 fully saturated rings. The van der Waals surface area contributed by atoms with Crippen LogP contribution in [0.15, 0.2) is 41.6 Å². The first kappa shape index (κ1) is 25.4. The van der Waals surface area contributed by atoms with E-state index >= 15 is 0 Å². The lowest BCUT2D eigenvalue weighted by Gasteiger charge is -2.23. The van der Waals surface area contributed by atoms with Crippen LogP contribution >= 0.6 is 35.5 Å². The van der Waals surface area contributed by atoms with Gasteiger partial charge in [0.1, 0.15) is 22.9 Å². The van der Waals surface area contributed by atoms with Gasteiger partial charge in [0, 0.05) is 36.7 Å². The van der Waals surface area contributed by atoms with Crippen LogP contribution in [-0.4, -0.2) is 44.0 Å². The van der Waals surface area contributed by atoms with E-state index in [-0.39, 0.29) is 34.3 Å². The molecule has 0 aliphatic carbocycles. The Morgan fingerprint density at radius 3 is 2.67 bits per heavy atom. The molecule has 1 aromatic heterocycles. The van der Waals surface area contributed by atoms with Crippen molar-refractivity contribution in [1.29, 1.82) is 0 Å². The van der Waals surface area contributed by atoms with Crippen LogP contribution in [0.1, 0.15) is 6.42 Å². The largest absolute Gasteiger partial charge is 0.368 e. The van der Waals surface area contributed by atoms with Crippen molar-refractivity contribution in [3.63, 3.8) is 0 Å². The summed E-state index contributed by atoms with van der Waals surface area (Å²) in [7, 11) is -2.38. The summed E-state index contributed by atoms with van der Waals surface area (Å²) in [6.07, 6.45) is 2.08. The van der Waals surface area contributed by atoms with Crippen molar-refractivity contribution < 1.29 is 17.2 Å². The summed E-state index contributed by atoms with van der Waals surface area (Å²) in [5, 5.41) is 6.19. The highest BCUT2D eigenvalue weighted by molar-refractivity contribution is 7.93. The summed E-state index contributed by atoms with van der Waals surface area (Å²) in [4.78, 5) is 5.12. The number of hydrogen-bond acceptors (Lipinski definition) is 8. The average molecular weight is 537 g/mol. The Morgan fingerprint density at radius 2 is 2.00 bits per heavy atom. The predicted octanol–water partition coefficient (Wildman–Crippen LogP) is 4.23. The second kappa shape index (κ2) is 10.3. The highest BCUT2D eigenvalue weighted by Gasteiger charge is 2.25. The standard InChI is InChI=1S/C19H19ClF2N6O2S2.ClH/c1-23-12-4-5-28(9-12)17-6-11(21)2-3-15(17)26-16-8-14(22)18(7-13(16)20)32(29,30)27-19-24-10-25-31-19;/h2-3,6-8,10,12,23,26H,4-5,9H2,1H3,(H,24,25,27);1H. The lowest BCUT2D eigenvalue weighted by molar-refractivity contribution is 0.570. The van der Waals surface area contributed by atoms with Gasteiger partial charge in [-0.2, -0.15) is 4.37 Å². The van der Waals surface area contributed by atoms with Crippen LogP contribution < -0.4 is 20.3 Å². The van der Waals surface area contributed by atoms with E-state index in [1.807, 2.05) is 11.9 Å². The normalized spacial score (nSPS) is 15.9. The van der Waals surface area contributed by atoms with Gasteiger partial charge in [-0.25, -0.2) is 22.2 Å². The number of anilines is 4. The minimum atomic E-state index is -4.26. The summed E-state index contributed by atoms with van der Waals surface area (Å²) < 4.78 is 59.7. The summed E-state index contributed by atoms with van der Waals surface area (Å²) in [6, 6.07) is 6.50. The number of halogens is 4. The van der Waals surface area contributed by atoms with Crippen LogP contribution in [0.3, 0.4) is 0 Å². The maximum absolute atomic E-state index is 14.8. The second-order valence-electron chi connectivity index (χ2n) is 7.12. The van der Waals surface area contributed by atoms with E-state index in [0.29, 0.717) is 17.9 Å². The lowest BCUT2D eigenvalue weighted by atomic mass is 10.2. The van der Waals surface area contributed by atoms with E-state index < -0.39 is 26.6 Å². The van der Waals surface area contributed by atoms with Crippen molar-refractivity contribution >= 4 is 67.8 Å². The van der Waals surface area contributed by atoms with Gasteiger partial charge >= 0.3 is 0 Å². The Kier molecular flexibility index (Phi) is 7.96. The fourth-order valence-corrected chi connectivity index (χ4v) is 5.47. The third kappa shape index (κ3) is 5.64. The minimum Gasteiger partial charge on any atom is -0.368 e. The summed E-state index contributed by atoms with van der Waals surface area (Å²) in [6.45, 7) is 1.41. The number of likely N-dealkylation sites (N-methyl/N-ethyl adjacent to an activating group) is 1. The van der Waals surface area contributed by atoms with Crippen LogP contribution in [0.25, 0.3) is 0 Å². The molecule has 8 nitrogen and oxygen atoms in total. The average Bonchev–Trinajstić information content (AvgIpc) is 3.43. The molecule has 1 atom stereocenters. The number of nitrogens with zero attached hydrogens (tertiary/aromatic N) is 3. The molecule has 0 bridgehead atoms. The molecule has 1 aliphatic heterocycles. The summed E-state index contributed by atoms with van der Waals surface area (Å²) >= 11 is 7.10. The molecule has 4 rings (SSSR count).